The Kier molecular flexibility index (Phi) is 10.7. The first-order chi connectivity index (χ1) is 21.6. The SMILES string of the molecule is CCCCN1C(=O)C(CC2CCCCC2)NC(=O)C12CCN(Cc1c(C)nn(-c3ccc(S(=O)(=O)NCCO)cc3)c1C)CC2. The van der Waals surface area contributed by atoms with Gasteiger partial charge >= 0.3 is 0 Å². The molecule has 0 radical (unpaired) electrons. The van der Waals surface area contributed by atoms with Crippen LogP contribution < -0.4 is 10.0 Å². The molecule has 12 heteroatoms. The molecule has 248 valence electrons. The standard InChI is InChI=1S/C33H50N6O5S/c1-4-5-18-38-31(41)30(22-26-9-7-6-8-10-26)35-32(42)33(38)15-19-37(20-16-33)23-29-24(2)36-39(25(29)3)27-11-13-28(14-12-27)45(43,44)34-17-21-40/h11-14,26,30,34,40H,4-10,15-23H2,1-3H3,(H,35,42). The molecule has 1 spiro atoms. The number of likely N-dealkylation sites (tertiary alicyclic amines) is 1. The quantitative estimate of drug-likeness (QED) is 0.324. The van der Waals surface area contributed by atoms with Crippen molar-refractivity contribution in [1.29, 1.82) is 0 Å². The minimum absolute atomic E-state index is 0.0239. The molecule has 1 aromatic carbocycles. The van der Waals surface area contributed by atoms with Gasteiger partial charge in [0.2, 0.25) is 21.8 Å². The summed E-state index contributed by atoms with van der Waals surface area (Å²) in [7, 11) is -3.69. The van der Waals surface area contributed by atoms with Crippen molar-refractivity contribution in [3.63, 3.8) is 0 Å². The zero-order chi connectivity index (χ0) is 32.2. The topological polar surface area (TPSA) is 137 Å². The van der Waals surface area contributed by atoms with Gasteiger partial charge in [0.1, 0.15) is 11.6 Å². The number of nitrogens with zero attached hydrogens (tertiary/aromatic N) is 4. The van der Waals surface area contributed by atoms with E-state index in [0.29, 0.717) is 44.9 Å². The summed E-state index contributed by atoms with van der Waals surface area (Å²) in [6.45, 7) is 8.53. The van der Waals surface area contributed by atoms with E-state index in [1.54, 1.807) is 12.1 Å². The zero-order valence-corrected chi connectivity index (χ0v) is 27.9. The molecule has 45 heavy (non-hydrogen) atoms. The number of aliphatic hydroxyl groups excluding tert-OH is 1. The number of aliphatic hydroxyl groups is 1. The summed E-state index contributed by atoms with van der Waals surface area (Å²) in [6, 6.07) is 6.13. The molecule has 1 unspecified atom stereocenters. The van der Waals surface area contributed by atoms with Crippen LogP contribution in [0.1, 0.15) is 88.1 Å². The highest BCUT2D eigenvalue weighted by atomic mass is 32.2. The summed E-state index contributed by atoms with van der Waals surface area (Å²) in [4.78, 5) is 32.1. The lowest BCUT2D eigenvalue weighted by Gasteiger charge is -2.52. The third-order valence-corrected chi connectivity index (χ3v) is 11.6. The zero-order valence-electron chi connectivity index (χ0n) is 27.1. The fourth-order valence-corrected chi connectivity index (χ4v) is 8.44. The molecule has 3 aliphatic rings. The molecule has 1 aromatic heterocycles. The second-order valence-electron chi connectivity index (χ2n) is 13.1. The molecule has 2 aliphatic heterocycles. The largest absolute Gasteiger partial charge is 0.395 e. The van der Waals surface area contributed by atoms with Gasteiger partial charge in [-0.2, -0.15) is 5.10 Å². The van der Waals surface area contributed by atoms with Crippen molar-refractivity contribution >= 4 is 21.8 Å². The molecule has 3 N–H and O–H groups in total. The second-order valence-corrected chi connectivity index (χ2v) is 14.9. The number of hydrogen-bond donors (Lipinski definition) is 3. The van der Waals surface area contributed by atoms with Gasteiger partial charge in [-0.15, -0.1) is 0 Å². The van der Waals surface area contributed by atoms with E-state index in [1.807, 2.05) is 23.4 Å². The molecular weight excluding hydrogens is 592 g/mol. The van der Waals surface area contributed by atoms with Gasteiger partial charge in [0.25, 0.3) is 0 Å². The van der Waals surface area contributed by atoms with Crippen LogP contribution in [0, 0.1) is 19.8 Å². The van der Waals surface area contributed by atoms with Gasteiger partial charge in [0.05, 0.1) is 22.9 Å². The van der Waals surface area contributed by atoms with Crippen LogP contribution in [0.4, 0.5) is 0 Å². The molecule has 2 aromatic rings. The second kappa shape index (κ2) is 14.3. The van der Waals surface area contributed by atoms with Gasteiger partial charge in [-0.05, 0) is 69.7 Å². The third-order valence-electron chi connectivity index (χ3n) is 10.1. The number of piperidine rings is 1. The van der Waals surface area contributed by atoms with Gasteiger partial charge < -0.3 is 15.3 Å². The van der Waals surface area contributed by atoms with Crippen LogP contribution >= 0.6 is 0 Å². The summed E-state index contributed by atoms with van der Waals surface area (Å²) in [6.07, 6.45) is 9.86. The summed E-state index contributed by atoms with van der Waals surface area (Å²) in [5, 5.41) is 16.9. The molecule has 11 nitrogen and oxygen atoms in total. The number of carbonyl (C=O) groups is 2. The number of hydrogen-bond acceptors (Lipinski definition) is 7. The molecule has 1 aliphatic carbocycles. The first kappa shape index (κ1) is 33.6. The lowest BCUT2D eigenvalue weighted by molar-refractivity contribution is -0.162. The third kappa shape index (κ3) is 7.13. The van der Waals surface area contributed by atoms with Crippen LogP contribution in [0.25, 0.3) is 5.69 Å². The van der Waals surface area contributed by atoms with Gasteiger partial charge in [-0.1, -0.05) is 45.4 Å². The molecule has 1 atom stereocenters. The number of rotatable bonds is 12. The van der Waals surface area contributed by atoms with Crippen molar-refractivity contribution < 1.29 is 23.1 Å². The molecule has 1 saturated carbocycles. The first-order valence-electron chi connectivity index (χ1n) is 16.7. The van der Waals surface area contributed by atoms with E-state index in [0.717, 1.165) is 54.7 Å². The Morgan fingerprint density at radius 3 is 2.40 bits per heavy atom. The lowest BCUT2D eigenvalue weighted by atomic mass is 9.79. The molecule has 0 bridgehead atoms. The van der Waals surface area contributed by atoms with Crippen LogP contribution in [-0.2, 0) is 26.2 Å². The van der Waals surface area contributed by atoms with E-state index in [2.05, 4.69) is 21.9 Å². The Bertz CT molecular complexity index is 1440. The van der Waals surface area contributed by atoms with Crippen molar-refractivity contribution in [1.82, 2.24) is 29.6 Å². The van der Waals surface area contributed by atoms with Crippen molar-refractivity contribution in [3.8, 4) is 5.69 Å². The number of aryl methyl sites for hydroxylation is 1. The number of piperazine rings is 1. The number of carbonyl (C=O) groups excluding carboxylic acids is 2. The first-order valence-corrected chi connectivity index (χ1v) is 18.2. The molecule has 2 saturated heterocycles. The molecule has 2 amide bonds. The highest BCUT2D eigenvalue weighted by Crippen LogP contribution is 2.36. The van der Waals surface area contributed by atoms with Crippen molar-refractivity contribution in [3.05, 3.63) is 41.2 Å². The number of benzene rings is 1. The Balaban J connectivity index is 1.26. The predicted octanol–water partition coefficient (Wildman–Crippen LogP) is 3.19. The average molecular weight is 643 g/mol. The lowest BCUT2D eigenvalue weighted by Crippen LogP contribution is -2.73. The minimum Gasteiger partial charge on any atom is -0.395 e. The van der Waals surface area contributed by atoms with E-state index in [1.165, 1.54) is 31.4 Å². The summed E-state index contributed by atoms with van der Waals surface area (Å²) in [5.41, 5.74) is 2.95. The maximum Gasteiger partial charge on any atom is 0.246 e. The van der Waals surface area contributed by atoms with Gasteiger partial charge in [-0.25, -0.2) is 17.8 Å². The highest BCUT2D eigenvalue weighted by Gasteiger charge is 2.53. The van der Waals surface area contributed by atoms with Gasteiger partial charge in [0.15, 0.2) is 0 Å². The van der Waals surface area contributed by atoms with E-state index >= 15 is 0 Å². The smallest absolute Gasteiger partial charge is 0.246 e. The maximum atomic E-state index is 13.9. The predicted molar refractivity (Wildman–Crippen MR) is 172 cm³/mol. The number of unbranched alkanes of at least 4 members (excludes halogenated alkanes) is 1. The normalized spacial score (nSPS) is 21.4. The summed E-state index contributed by atoms with van der Waals surface area (Å²) >= 11 is 0. The Labute approximate surface area is 267 Å². The van der Waals surface area contributed by atoms with Crippen LogP contribution in [0.5, 0.6) is 0 Å². The Morgan fingerprint density at radius 1 is 1.07 bits per heavy atom. The van der Waals surface area contributed by atoms with Crippen LogP contribution in [-0.4, -0.2) is 89.3 Å². The van der Waals surface area contributed by atoms with Crippen LogP contribution in [0.2, 0.25) is 0 Å². The van der Waals surface area contributed by atoms with E-state index in [9.17, 15) is 18.0 Å². The number of aromatic nitrogens is 2. The van der Waals surface area contributed by atoms with E-state index in [-0.39, 0.29) is 29.9 Å². The summed E-state index contributed by atoms with van der Waals surface area (Å²) < 4.78 is 29.0. The van der Waals surface area contributed by atoms with Crippen LogP contribution in [0.3, 0.4) is 0 Å². The maximum absolute atomic E-state index is 13.9. The Morgan fingerprint density at radius 2 is 1.76 bits per heavy atom. The molecular formula is C33H50N6O5S. The molecule has 5 rings (SSSR count). The van der Waals surface area contributed by atoms with E-state index < -0.39 is 21.6 Å². The molecule has 3 heterocycles. The van der Waals surface area contributed by atoms with Crippen LogP contribution in [0.15, 0.2) is 29.2 Å². The van der Waals surface area contributed by atoms with Crippen molar-refractivity contribution in [2.24, 2.45) is 5.92 Å². The Hall–Kier alpha value is -2.80. The number of sulfonamides is 1. The monoisotopic (exact) mass is 642 g/mol. The average Bonchev–Trinajstić information content (AvgIpc) is 3.32. The minimum atomic E-state index is -3.69. The van der Waals surface area contributed by atoms with Crippen molar-refractivity contribution in [2.75, 3.05) is 32.8 Å². The van der Waals surface area contributed by atoms with Gasteiger partial charge in [0, 0.05) is 44.0 Å². The highest BCUT2D eigenvalue weighted by molar-refractivity contribution is 7.89. The van der Waals surface area contributed by atoms with Crippen molar-refractivity contribution in [2.45, 2.75) is 108 Å². The fraction of sp³-hybridized carbons (Fsp3) is 0.667. The fourth-order valence-electron chi connectivity index (χ4n) is 7.42. The number of amides is 2. The summed E-state index contributed by atoms with van der Waals surface area (Å²) in [5.74, 6) is 0.651. The van der Waals surface area contributed by atoms with E-state index in [4.69, 9.17) is 10.2 Å². The molecule has 3 fully saturated rings. The number of nitrogens with one attached hydrogen (secondary N) is 2. The van der Waals surface area contributed by atoms with Gasteiger partial charge in [-0.3, -0.25) is 14.5 Å².